The van der Waals surface area contributed by atoms with Crippen molar-refractivity contribution in [2.45, 2.75) is 12.2 Å². The lowest BCUT2D eigenvalue weighted by molar-refractivity contribution is -0.140. The van der Waals surface area contributed by atoms with Gasteiger partial charge in [0, 0.05) is 11.8 Å². The zero-order valence-corrected chi connectivity index (χ0v) is 9.51. The molecule has 1 fully saturated rings. The van der Waals surface area contributed by atoms with E-state index in [1.807, 2.05) is 12.2 Å². The van der Waals surface area contributed by atoms with Crippen molar-refractivity contribution in [2.24, 2.45) is 11.8 Å². The van der Waals surface area contributed by atoms with Crippen LogP contribution in [0.15, 0.2) is 23.3 Å². The van der Waals surface area contributed by atoms with Crippen LogP contribution in [0.2, 0.25) is 0 Å². The Morgan fingerprint density at radius 3 is 1.76 bits per heavy atom. The lowest BCUT2D eigenvalue weighted by atomic mass is 9.71. The fraction of sp³-hybridized carbons (Fsp3) is 0.500. The smallest absolute Gasteiger partial charge is 0.335 e. The molecular formula is C12H12O5. The second kappa shape index (κ2) is 3.43. The van der Waals surface area contributed by atoms with Gasteiger partial charge < -0.3 is 14.2 Å². The average molecular weight is 236 g/mol. The Morgan fingerprint density at radius 2 is 1.41 bits per heavy atom. The van der Waals surface area contributed by atoms with Gasteiger partial charge >= 0.3 is 11.9 Å². The molecule has 4 atom stereocenters. The minimum absolute atomic E-state index is 0.0208. The molecule has 2 bridgehead atoms. The van der Waals surface area contributed by atoms with Crippen LogP contribution in [0.4, 0.5) is 0 Å². The van der Waals surface area contributed by atoms with Gasteiger partial charge in [-0.25, -0.2) is 9.59 Å². The van der Waals surface area contributed by atoms with Gasteiger partial charge in [-0.2, -0.15) is 0 Å². The Kier molecular flexibility index (Phi) is 2.13. The van der Waals surface area contributed by atoms with E-state index in [-0.39, 0.29) is 24.0 Å². The van der Waals surface area contributed by atoms with E-state index in [1.54, 1.807) is 0 Å². The highest BCUT2D eigenvalue weighted by Crippen LogP contribution is 2.52. The zero-order chi connectivity index (χ0) is 12.2. The van der Waals surface area contributed by atoms with Crippen LogP contribution in [-0.2, 0) is 23.8 Å². The summed E-state index contributed by atoms with van der Waals surface area (Å²) in [5.74, 6) is -1.30. The molecule has 0 spiro atoms. The number of ether oxygens (including phenoxy) is 3. The summed E-state index contributed by atoms with van der Waals surface area (Å²) in [4.78, 5) is 23.5. The predicted molar refractivity (Wildman–Crippen MR) is 55.8 cm³/mol. The topological polar surface area (TPSA) is 65.1 Å². The van der Waals surface area contributed by atoms with E-state index in [0.717, 1.165) is 0 Å². The lowest BCUT2D eigenvalue weighted by Crippen LogP contribution is -2.36. The molecule has 0 amide bonds. The normalized spacial score (nSPS) is 36.6. The SMILES string of the molecule is COC(=O)C1=C(C(=O)OC)[C@@H]2C=C[C@H]1[C@H]1O[C@H]12. The van der Waals surface area contributed by atoms with E-state index in [1.165, 1.54) is 14.2 Å². The highest BCUT2D eigenvalue weighted by Gasteiger charge is 2.60. The molecule has 4 rings (SSSR count). The van der Waals surface area contributed by atoms with Crippen LogP contribution in [0.1, 0.15) is 0 Å². The summed E-state index contributed by atoms with van der Waals surface area (Å²) in [5.41, 5.74) is 0.788. The summed E-state index contributed by atoms with van der Waals surface area (Å²) >= 11 is 0. The maximum atomic E-state index is 11.8. The molecule has 5 nitrogen and oxygen atoms in total. The predicted octanol–water partition coefficient (Wildman–Crippen LogP) is 0.212. The molecule has 1 saturated heterocycles. The summed E-state index contributed by atoms with van der Waals surface area (Å²) in [6, 6.07) is 0. The number of hydrogen-bond donors (Lipinski definition) is 0. The van der Waals surface area contributed by atoms with Crippen LogP contribution >= 0.6 is 0 Å². The van der Waals surface area contributed by atoms with Crippen molar-refractivity contribution in [3.05, 3.63) is 23.3 Å². The van der Waals surface area contributed by atoms with Gasteiger partial charge in [-0.3, -0.25) is 0 Å². The molecule has 1 aliphatic heterocycles. The maximum absolute atomic E-state index is 11.8. The van der Waals surface area contributed by atoms with Crippen molar-refractivity contribution in [1.29, 1.82) is 0 Å². The molecule has 1 heterocycles. The van der Waals surface area contributed by atoms with Crippen molar-refractivity contribution in [3.63, 3.8) is 0 Å². The zero-order valence-electron chi connectivity index (χ0n) is 9.51. The molecule has 17 heavy (non-hydrogen) atoms. The molecule has 5 heteroatoms. The van der Waals surface area contributed by atoms with Crippen molar-refractivity contribution in [1.82, 2.24) is 0 Å². The first-order chi connectivity index (χ1) is 8.19. The minimum Gasteiger partial charge on any atom is -0.466 e. The first-order valence-electron chi connectivity index (χ1n) is 5.43. The number of rotatable bonds is 2. The van der Waals surface area contributed by atoms with Gasteiger partial charge in [0.2, 0.25) is 0 Å². The third-order valence-electron chi connectivity index (χ3n) is 3.56. The summed E-state index contributed by atoms with van der Waals surface area (Å²) in [5, 5.41) is 0. The standard InChI is InChI=1S/C12H12O5/c1-15-11(13)7-5-3-4-6(10-9(5)17-10)8(7)12(14)16-2/h3-6,9-10H,1-2H3/t5-,6+,9-,10+. The van der Waals surface area contributed by atoms with Crippen LogP contribution in [0.3, 0.4) is 0 Å². The van der Waals surface area contributed by atoms with E-state index >= 15 is 0 Å². The van der Waals surface area contributed by atoms with Gasteiger partial charge in [0.25, 0.3) is 0 Å². The van der Waals surface area contributed by atoms with E-state index < -0.39 is 11.9 Å². The fourth-order valence-corrected chi connectivity index (χ4v) is 2.76. The van der Waals surface area contributed by atoms with Crippen molar-refractivity contribution >= 4 is 11.9 Å². The first kappa shape index (κ1) is 10.5. The van der Waals surface area contributed by atoms with E-state index in [9.17, 15) is 9.59 Å². The minimum atomic E-state index is -0.473. The number of hydrogen-bond acceptors (Lipinski definition) is 5. The Hall–Kier alpha value is -1.62. The first-order valence-corrected chi connectivity index (χ1v) is 5.43. The highest BCUT2D eigenvalue weighted by atomic mass is 16.6. The fourth-order valence-electron chi connectivity index (χ4n) is 2.76. The Balaban J connectivity index is 2.09. The van der Waals surface area contributed by atoms with E-state index in [4.69, 9.17) is 14.2 Å². The van der Waals surface area contributed by atoms with Crippen LogP contribution in [0.5, 0.6) is 0 Å². The molecule has 0 aromatic carbocycles. The third kappa shape index (κ3) is 1.29. The van der Waals surface area contributed by atoms with E-state index in [2.05, 4.69) is 0 Å². The molecule has 3 aliphatic carbocycles. The van der Waals surface area contributed by atoms with Gasteiger partial charge in [-0.05, 0) is 0 Å². The average Bonchev–Trinajstić information content (AvgIpc) is 3.17. The molecule has 0 saturated carbocycles. The van der Waals surface area contributed by atoms with Crippen molar-refractivity contribution < 1.29 is 23.8 Å². The second-order valence-electron chi connectivity index (χ2n) is 4.31. The summed E-state index contributed by atoms with van der Waals surface area (Å²) in [6.45, 7) is 0. The maximum Gasteiger partial charge on any atom is 0.335 e. The van der Waals surface area contributed by atoms with Crippen LogP contribution < -0.4 is 0 Å². The summed E-state index contributed by atoms with van der Waals surface area (Å²) < 4.78 is 15.0. The van der Waals surface area contributed by atoms with E-state index in [0.29, 0.717) is 11.1 Å². The number of carbonyl (C=O) groups excluding carboxylic acids is 2. The quantitative estimate of drug-likeness (QED) is 0.389. The second-order valence-corrected chi connectivity index (χ2v) is 4.31. The molecule has 4 aliphatic rings. The Bertz CT molecular complexity index is 422. The molecular weight excluding hydrogens is 224 g/mol. The molecule has 0 aromatic heterocycles. The molecule has 0 unspecified atom stereocenters. The Morgan fingerprint density at radius 1 is 1.00 bits per heavy atom. The third-order valence-corrected chi connectivity index (χ3v) is 3.56. The molecule has 0 N–H and O–H groups in total. The molecule has 0 radical (unpaired) electrons. The van der Waals surface area contributed by atoms with Crippen LogP contribution in [0.25, 0.3) is 0 Å². The van der Waals surface area contributed by atoms with Gasteiger partial charge in [0.1, 0.15) is 0 Å². The number of carbonyl (C=O) groups is 2. The number of methoxy groups -OCH3 is 2. The number of esters is 2. The van der Waals surface area contributed by atoms with Crippen LogP contribution in [0, 0.1) is 11.8 Å². The number of epoxide rings is 1. The molecule has 0 aromatic rings. The summed E-state index contributed by atoms with van der Waals surface area (Å²) in [7, 11) is 2.61. The van der Waals surface area contributed by atoms with Crippen LogP contribution in [-0.4, -0.2) is 38.4 Å². The summed E-state index contributed by atoms with van der Waals surface area (Å²) in [6.07, 6.45) is 3.87. The highest BCUT2D eigenvalue weighted by molar-refractivity contribution is 6.03. The monoisotopic (exact) mass is 236 g/mol. The van der Waals surface area contributed by atoms with Gasteiger partial charge in [0.15, 0.2) is 0 Å². The van der Waals surface area contributed by atoms with Crippen molar-refractivity contribution in [2.75, 3.05) is 14.2 Å². The van der Waals surface area contributed by atoms with Gasteiger partial charge in [0.05, 0.1) is 37.6 Å². The largest absolute Gasteiger partial charge is 0.466 e. The lowest BCUT2D eigenvalue weighted by Gasteiger charge is -2.29. The molecule has 90 valence electrons. The van der Waals surface area contributed by atoms with Gasteiger partial charge in [-0.15, -0.1) is 0 Å². The Labute approximate surface area is 98.0 Å². The van der Waals surface area contributed by atoms with Crippen molar-refractivity contribution in [3.8, 4) is 0 Å². The van der Waals surface area contributed by atoms with Gasteiger partial charge in [-0.1, -0.05) is 12.2 Å².